The molecular formula is C25H27N7O3S. The van der Waals surface area contributed by atoms with E-state index in [4.69, 9.17) is 25.2 Å². The predicted molar refractivity (Wildman–Crippen MR) is 139 cm³/mol. The molecule has 0 radical (unpaired) electrons. The third-order valence-electron chi connectivity index (χ3n) is 5.99. The molecular weight excluding hydrogens is 478 g/mol. The van der Waals surface area contributed by atoms with Gasteiger partial charge in [0.05, 0.1) is 41.6 Å². The van der Waals surface area contributed by atoms with Crippen molar-refractivity contribution in [1.29, 1.82) is 0 Å². The number of hydrogen-bond donors (Lipinski definition) is 2. The highest BCUT2D eigenvalue weighted by molar-refractivity contribution is 7.19. The molecule has 0 unspecified atom stereocenters. The molecule has 5 rings (SSSR count). The van der Waals surface area contributed by atoms with Crippen LogP contribution in [-0.2, 0) is 10.3 Å². The summed E-state index contributed by atoms with van der Waals surface area (Å²) in [6, 6.07) is 9.06. The molecule has 0 spiro atoms. The average molecular weight is 506 g/mol. The number of rotatable bonds is 6. The van der Waals surface area contributed by atoms with Crippen molar-refractivity contribution in [1.82, 2.24) is 25.3 Å². The average Bonchev–Trinajstić information content (AvgIpc) is 3.34. The number of morpholine rings is 1. The van der Waals surface area contributed by atoms with E-state index in [9.17, 15) is 4.79 Å². The van der Waals surface area contributed by atoms with Gasteiger partial charge in [0.2, 0.25) is 5.95 Å². The number of nitrogens with zero attached hydrogens (tertiary/aromatic N) is 5. The van der Waals surface area contributed by atoms with Crippen molar-refractivity contribution in [3.63, 3.8) is 0 Å². The van der Waals surface area contributed by atoms with Crippen LogP contribution in [-0.4, -0.2) is 59.3 Å². The molecule has 3 N–H and O–H groups in total. The Hall–Kier alpha value is -3.83. The molecule has 4 heterocycles. The quantitative estimate of drug-likeness (QED) is 0.406. The third-order valence-corrected chi connectivity index (χ3v) is 7.43. The number of thiophene rings is 1. The van der Waals surface area contributed by atoms with Gasteiger partial charge in [0.15, 0.2) is 11.6 Å². The predicted octanol–water partition coefficient (Wildman–Crippen LogP) is 3.24. The number of carbonyl (C=O) groups excluding carboxylic acids is 1. The lowest BCUT2D eigenvalue weighted by molar-refractivity contribution is 0.0913. The third kappa shape index (κ3) is 4.79. The zero-order valence-electron chi connectivity index (χ0n) is 20.3. The molecule has 0 saturated carbocycles. The Balaban J connectivity index is 1.52. The number of hydrogen-bond acceptors (Lipinski definition) is 10. The van der Waals surface area contributed by atoms with Crippen LogP contribution in [0.5, 0.6) is 5.75 Å². The van der Waals surface area contributed by atoms with Crippen LogP contribution in [0, 0.1) is 0 Å². The molecule has 0 atom stereocenters. The Morgan fingerprint density at radius 1 is 1.14 bits per heavy atom. The molecule has 3 aromatic heterocycles. The van der Waals surface area contributed by atoms with Crippen LogP contribution in [0.2, 0.25) is 0 Å². The van der Waals surface area contributed by atoms with Crippen molar-refractivity contribution in [2.75, 3.05) is 44.0 Å². The van der Waals surface area contributed by atoms with Gasteiger partial charge in [0, 0.05) is 35.9 Å². The molecule has 186 valence electrons. The zero-order chi connectivity index (χ0) is 25.3. The molecule has 36 heavy (non-hydrogen) atoms. The van der Waals surface area contributed by atoms with Crippen molar-refractivity contribution in [3.8, 4) is 17.1 Å². The number of amides is 1. The number of fused-ring (bicyclic) bond motifs is 1. The summed E-state index contributed by atoms with van der Waals surface area (Å²) in [4.78, 5) is 34.1. The van der Waals surface area contributed by atoms with E-state index in [1.165, 1.54) is 0 Å². The molecule has 4 aromatic rings. The maximum absolute atomic E-state index is 13.0. The normalized spacial score (nSPS) is 14.1. The molecule has 1 amide bonds. The Kier molecular flexibility index (Phi) is 6.42. The first kappa shape index (κ1) is 23.9. The summed E-state index contributed by atoms with van der Waals surface area (Å²) < 4.78 is 11.7. The second kappa shape index (κ2) is 9.67. The van der Waals surface area contributed by atoms with Gasteiger partial charge in [-0.25, -0.2) is 19.9 Å². The minimum absolute atomic E-state index is 0.167. The Morgan fingerprint density at radius 2 is 1.83 bits per heavy atom. The van der Waals surface area contributed by atoms with E-state index in [1.54, 1.807) is 55.1 Å². The van der Waals surface area contributed by atoms with Crippen molar-refractivity contribution in [2.45, 2.75) is 19.4 Å². The van der Waals surface area contributed by atoms with Crippen molar-refractivity contribution >= 4 is 39.2 Å². The monoisotopic (exact) mass is 505 g/mol. The first-order valence-corrected chi connectivity index (χ1v) is 12.3. The number of benzene rings is 1. The topological polar surface area (TPSA) is 128 Å². The number of ether oxygens (including phenoxy) is 2. The number of methoxy groups -OCH3 is 1. The highest BCUT2D eigenvalue weighted by atomic mass is 32.1. The fraction of sp³-hybridized carbons (Fsp3) is 0.320. The first-order chi connectivity index (χ1) is 17.3. The van der Waals surface area contributed by atoms with E-state index in [0.717, 1.165) is 34.0 Å². The lowest BCUT2D eigenvalue weighted by Crippen LogP contribution is -2.40. The summed E-state index contributed by atoms with van der Waals surface area (Å²) in [5, 5.41) is 3.15. The minimum atomic E-state index is -0.644. The maximum Gasteiger partial charge on any atom is 0.251 e. The number of nitrogens with one attached hydrogen (secondary N) is 1. The van der Waals surface area contributed by atoms with Gasteiger partial charge in [0.1, 0.15) is 5.75 Å². The standard InChI is InChI=1S/C25H27N7O3S/c1-25(2,31-23(33)15-4-6-17(34-3)7-5-15)19-12-18-20(36-19)22(32-8-10-35-11-9-32)30-21(29-18)16-13-27-24(26)28-14-16/h4-7,12-14H,8-11H2,1-3H3,(H,31,33)(H2,26,27,28). The highest BCUT2D eigenvalue weighted by Gasteiger charge is 2.28. The van der Waals surface area contributed by atoms with Gasteiger partial charge in [-0.3, -0.25) is 4.79 Å². The van der Waals surface area contributed by atoms with E-state index in [2.05, 4.69) is 20.2 Å². The summed E-state index contributed by atoms with van der Waals surface area (Å²) >= 11 is 1.58. The molecule has 1 aliphatic rings. The van der Waals surface area contributed by atoms with E-state index >= 15 is 0 Å². The number of aromatic nitrogens is 4. The van der Waals surface area contributed by atoms with Gasteiger partial charge in [-0.1, -0.05) is 0 Å². The molecule has 11 heteroatoms. The minimum Gasteiger partial charge on any atom is -0.497 e. The molecule has 1 fully saturated rings. The van der Waals surface area contributed by atoms with Crippen LogP contribution in [0.25, 0.3) is 21.6 Å². The fourth-order valence-corrected chi connectivity index (χ4v) is 5.13. The second-order valence-electron chi connectivity index (χ2n) is 8.93. The highest BCUT2D eigenvalue weighted by Crippen LogP contribution is 2.38. The molecule has 10 nitrogen and oxygen atoms in total. The molecule has 0 aliphatic carbocycles. The maximum atomic E-state index is 13.0. The van der Waals surface area contributed by atoms with E-state index < -0.39 is 5.54 Å². The smallest absolute Gasteiger partial charge is 0.251 e. The van der Waals surface area contributed by atoms with E-state index in [-0.39, 0.29) is 11.9 Å². The number of nitrogen functional groups attached to an aromatic ring is 1. The largest absolute Gasteiger partial charge is 0.497 e. The first-order valence-electron chi connectivity index (χ1n) is 11.5. The summed E-state index contributed by atoms with van der Waals surface area (Å²) in [6.07, 6.45) is 3.25. The number of nitrogens with two attached hydrogens (primary N) is 1. The molecule has 1 aromatic carbocycles. The summed E-state index contributed by atoms with van der Waals surface area (Å²) in [5.74, 6) is 2.09. The van der Waals surface area contributed by atoms with Crippen LogP contribution in [0.3, 0.4) is 0 Å². The van der Waals surface area contributed by atoms with Crippen molar-refractivity contribution in [2.24, 2.45) is 0 Å². The Morgan fingerprint density at radius 3 is 2.50 bits per heavy atom. The van der Waals surface area contributed by atoms with Crippen LogP contribution < -0.4 is 20.7 Å². The molecule has 1 aliphatic heterocycles. The lowest BCUT2D eigenvalue weighted by Gasteiger charge is -2.28. The summed E-state index contributed by atoms with van der Waals surface area (Å²) in [6.45, 7) is 6.69. The van der Waals surface area contributed by atoms with Crippen molar-refractivity contribution < 1.29 is 14.3 Å². The lowest BCUT2D eigenvalue weighted by atomic mass is 10.0. The molecule has 0 bridgehead atoms. The van der Waals surface area contributed by atoms with Gasteiger partial charge >= 0.3 is 0 Å². The van der Waals surface area contributed by atoms with Crippen LogP contribution in [0.15, 0.2) is 42.7 Å². The Bertz CT molecular complexity index is 1380. The Labute approximate surface area is 212 Å². The number of carbonyl (C=O) groups is 1. The van der Waals surface area contributed by atoms with Crippen LogP contribution in [0.4, 0.5) is 11.8 Å². The summed E-state index contributed by atoms with van der Waals surface area (Å²) in [5.41, 5.74) is 7.06. The van der Waals surface area contributed by atoms with Gasteiger partial charge in [0.25, 0.3) is 5.91 Å². The SMILES string of the molecule is COc1ccc(C(=O)NC(C)(C)c2cc3nc(-c4cnc(N)nc4)nc(N4CCOCC4)c3s2)cc1. The van der Waals surface area contributed by atoms with E-state index in [1.807, 2.05) is 19.9 Å². The second-order valence-corrected chi connectivity index (χ2v) is 9.99. The number of anilines is 2. The molecule has 1 saturated heterocycles. The van der Waals surface area contributed by atoms with E-state index in [0.29, 0.717) is 35.9 Å². The fourth-order valence-electron chi connectivity index (χ4n) is 3.95. The van der Waals surface area contributed by atoms with Gasteiger partial charge < -0.3 is 25.4 Å². The van der Waals surface area contributed by atoms with Crippen molar-refractivity contribution in [3.05, 3.63) is 53.2 Å². The van der Waals surface area contributed by atoms with Crippen LogP contribution in [0.1, 0.15) is 29.1 Å². The van der Waals surface area contributed by atoms with Gasteiger partial charge in [-0.15, -0.1) is 11.3 Å². The zero-order valence-corrected chi connectivity index (χ0v) is 21.1. The van der Waals surface area contributed by atoms with Crippen LogP contribution >= 0.6 is 11.3 Å². The summed E-state index contributed by atoms with van der Waals surface area (Å²) in [7, 11) is 1.60. The van der Waals surface area contributed by atoms with Gasteiger partial charge in [-0.2, -0.15) is 0 Å². The van der Waals surface area contributed by atoms with Gasteiger partial charge in [-0.05, 0) is 44.2 Å².